The molecule has 0 aliphatic carbocycles. The zero-order valence-corrected chi connectivity index (χ0v) is 13.8. The number of amides is 2. The summed E-state index contributed by atoms with van der Waals surface area (Å²) in [5, 5.41) is 4.45. The Hall–Kier alpha value is -0.920. The average molecular weight is 348 g/mol. The van der Waals surface area contributed by atoms with Crippen LogP contribution in [0.1, 0.15) is 10.9 Å². The van der Waals surface area contributed by atoms with E-state index in [9.17, 15) is 9.59 Å². The Kier molecular flexibility index (Phi) is 5.96. The van der Waals surface area contributed by atoms with Gasteiger partial charge < -0.3 is 10.2 Å². The van der Waals surface area contributed by atoms with Crippen molar-refractivity contribution in [1.29, 1.82) is 0 Å². The summed E-state index contributed by atoms with van der Waals surface area (Å²) in [4.78, 5) is 28.0. The lowest BCUT2D eigenvalue weighted by Crippen LogP contribution is -2.42. The normalized spacial score (nSPS) is 12.3. The quantitative estimate of drug-likeness (QED) is 0.873. The van der Waals surface area contributed by atoms with Gasteiger partial charge in [0.15, 0.2) is 0 Å². The van der Waals surface area contributed by atoms with Crippen molar-refractivity contribution in [3.63, 3.8) is 0 Å². The van der Waals surface area contributed by atoms with E-state index in [0.717, 1.165) is 9.35 Å². The molecule has 1 N–H and O–H groups in total. The lowest BCUT2D eigenvalue weighted by atomic mass is 10.2. The zero-order valence-electron chi connectivity index (χ0n) is 11.4. The number of hydrogen-bond donors (Lipinski definition) is 1. The number of halogens is 1. The van der Waals surface area contributed by atoms with Gasteiger partial charge >= 0.3 is 0 Å². The van der Waals surface area contributed by atoms with Gasteiger partial charge in [0.1, 0.15) is 6.04 Å². The topological polar surface area (TPSA) is 52.7 Å². The summed E-state index contributed by atoms with van der Waals surface area (Å²) in [5.41, 5.74) is 0. The Bertz CT molecular complexity index is 462. The standard InChI is InChI=1S/C12H18BrN3O2S/c1-14-10(17)6-16(4)12(18)11(15(2)3)9-5-8(13)7-19-9/h5,7,11H,6H2,1-4H3,(H,14,17)/t11-/m1/s1. The fraction of sp³-hybridized carbons (Fsp3) is 0.500. The maximum absolute atomic E-state index is 12.4. The number of rotatable bonds is 5. The Morgan fingerprint density at radius 3 is 2.47 bits per heavy atom. The Labute approximate surface area is 125 Å². The van der Waals surface area contributed by atoms with Crippen molar-refractivity contribution in [3.05, 3.63) is 20.8 Å². The van der Waals surface area contributed by atoms with Crippen LogP contribution in [0.5, 0.6) is 0 Å². The highest BCUT2D eigenvalue weighted by molar-refractivity contribution is 9.10. The molecule has 1 aromatic heterocycles. The van der Waals surface area contributed by atoms with Gasteiger partial charge in [-0.1, -0.05) is 0 Å². The highest BCUT2D eigenvalue weighted by Gasteiger charge is 2.28. The maximum atomic E-state index is 12.4. The third-order valence-electron chi connectivity index (χ3n) is 2.64. The Balaban J connectivity index is 2.88. The number of nitrogens with one attached hydrogen (secondary N) is 1. The molecule has 0 fully saturated rings. The number of carbonyl (C=O) groups is 2. The van der Waals surface area contributed by atoms with Crippen molar-refractivity contribution < 1.29 is 9.59 Å². The van der Waals surface area contributed by atoms with E-state index >= 15 is 0 Å². The molecular weight excluding hydrogens is 330 g/mol. The van der Waals surface area contributed by atoms with Crippen LogP contribution in [-0.2, 0) is 9.59 Å². The van der Waals surface area contributed by atoms with Crippen molar-refractivity contribution >= 4 is 39.1 Å². The van der Waals surface area contributed by atoms with E-state index < -0.39 is 0 Å². The number of carbonyl (C=O) groups excluding carboxylic acids is 2. The number of hydrogen-bond acceptors (Lipinski definition) is 4. The third-order valence-corrected chi connectivity index (χ3v) is 4.39. The molecule has 0 aliphatic rings. The third kappa shape index (κ3) is 4.29. The summed E-state index contributed by atoms with van der Waals surface area (Å²) in [6.45, 7) is 0.0617. The van der Waals surface area contributed by atoms with Crippen molar-refractivity contribution in [2.24, 2.45) is 0 Å². The van der Waals surface area contributed by atoms with E-state index in [1.807, 2.05) is 30.4 Å². The van der Waals surface area contributed by atoms with Crippen LogP contribution in [0.2, 0.25) is 0 Å². The van der Waals surface area contributed by atoms with Gasteiger partial charge in [-0.05, 0) is 36.1 Å². The van der Waals surface area contributed by atoms with E-state index in [-0.39, 0.29) is 24.4 Å². The molecule has 106 valence electrons. The molecule has 19 heavy (non-hydrogen) atoms. The van der Waals surface area contributed by atoms with Crippen LogP contribution in [0.3, 0.4) is 0 Å². The molecule has 5 nitrogen and oxygen atoms in total. The molecule has 2 amide bonds. The lowest BCUT2D eigenvalue weighted by Gasteiger charge is -2.27. The first-order valence-electron chi connectivity index (χ1n) is 5.72. The minimum Gasteiger partial charge on any atom is -0.358 e. The van der Waals surface area contributed by atoms with E-state index in [0.29, 0.717) is 0 Å². The van der Waals surface area contributed by atoms with Gasteiger partial charge in [-0.3, -0.25) is 14.5 Å². The van der Waals surface area contributed by atoms with Crippen molar-refractivity contribution in [1.82, 2.24) is 15.1 Å². The average Bonchev–Trinajstić information content (AvgIpc) is 2.74. The maximum Gasteiger partial charge on any atom is 0.245 e. The molecule has 0 aromatic carbocycles. The SMILES string of the molecule is CNC(=O)CN(C)C(=O)[C@@H](c1cc(Br)cs1)N(C)C. The molecule has 0 unspecified atom stereocenters. The van der Waals surface area contributed by atoms with Gasteiger partial charge in [0.25, 0.3) is 0 Å². The number of nitrogens with zero attached hydrogens (tertiary/aromatic N) is 2. The summed E-state index contributed by atoms with van der Waals surface area (Å²) in [6, 6.07) is 1.56. The van der Waals surface area contributed by atoms with Gasteiger partial charge in [0.2, 0.25) is 11.8 Å². The van der Waals surface area contributed by atoms with Gasteiger partial charge in [-0.2, -0.15) is 0 Å². The summed E-state index contributed by atoms with van der Waals surface area (Å²) >= 11 is 4.91. The second kappa shape index (κ2) is 7.02. The first-order chi connectivity index (χ1) is 8.86. The van der Waals surface area contributed by atoms with E-state index in [4.69, 9.17) is 0 Å². The molecule has 1 atom stereocenters. The molecular formula is C12H18BrN3O2S. The Morgan fingerprint density at radius 2 is 2.05 bits per heavy atom. The summed E-state index contributed by atoms with van der Waals surface area (Å²) in [5.74, 6) is -0.274. The molecule has 0 radical (unpaired) electrons. The minimum absolute atomic E-state index is 0.0617. The molecule has 1 heterocycles. The monoisotopic (exact) mass is 347 g/mol. The van der Waals surface area contributed by atoms with Gasteiger partial charge in [-0.25, -0.2) is 0 Å². The molecule has 0 spiro atoms. The predicted molar refractivity (Wildman–Crippen MR) is 80.2 cm³/mol. The van der Waals surface area contributed by atoms with E-state index in [1.54, 1.807) is 14.1 Å². The molecule has 0 saturated heterocycles. The van der Waals surface area contributed by atoms with Crippen LogP contribution in [0, 0.1) is 0 Å². The fourth-order valence-corrected chi connectivity index (χ4v) is 3.28. The van der Waals surface area contributed by atoms with Crippen LogP contribution < -0.4 is 5.32 Å². The minimum atomic E-state index is -0.369. The summed E-state index contributed by atoms with van der Waals surface area (Å²) < 4.78 is 0.959. The second-order valence-corrected chi connectivity index (χ2v) is 6.26. The first kappa shape index (κ1) is 16.1. The van der Waals surface area contributed by atoms with Gasteiger partial charge in [-0.15, -0.1) is 11.3 Å². The number of likely N-dealkylation sites (N-methyl/N-ethyl adjacent to an activating group) is 3. The molecule has 0 bridgehead atoms. The van der Waals surface area contributed by atoms with Gasteiger partial charge in [0, 0.05) is 28.8 Å². The van der Waals surface area contributed by atoms with Crippen LogP contribution in [0.25, 0.3) is 0 Å². The molecule has 0 saturated carbocycles. The molecule has 1 rings (SSSR count). The highest BCUT2D eigenvalue weighted by atomic mass is 79.9. The van der Waals surface area contributed by atoms with E-state index in [1.165, 1.54) is 16.2 Å². The lowest BCUT2D eigenvalue weighted by molar-refractivity contribution is -0.138. The molecule has 1 aromatic rings. The largest absolute Gasteiger partial charge is 0.358 e. The van der Waals surface area contributed by atoms with Crippen molar-refractivity contribution in [2.45, 2.75) is 6.04 Å². The van der Waals surface area contributed by atoms with Crippen LogP contribution >= 0.6 is 27.3 Å². The van der Waals surface area contributed by atoms with Crippen molar-refractivity contribution in [3.8, 4) is 0 Å². The molecule has 7 heteroatoms. The predicted octanol–water partition coefficient (Wildman–Crippen LogP) is 1.32. The van der Waals surface area contributed by atoms with Crippen LogP contribution in [0.4, 0.5) is 0 Å². The Morgan fingerprint density at radius 1 is 1.42 bits per heavy atom. The molecule has 0 aliphatic heterocycles. The smallest absolute Gasteiger partial charge is 0.245 e. The van der Waals surface area contributed by atoms with Crippen LogP contribution in [-0.4, -0.2) is 56.3 Å². The van der Waals surface area contributed by atoms with Crippen LogP contribution in [0.15, 0.2) is 15.9 Å². The first-order valence-corrected chi connectivity index (χ1v) is 7.40. The van der Waals surface area contributed by atoms with Crippen molar-refractivity contribution in [2.75, 3.05) is 34.7 Å². The number of thiophene rings is 1. The summed E-state index contributed by atoms with van der Waals surface area (Å²) in [6.07, 6.45) is 0. The zero-order chi connectivity index (χ0) is 14.6. The fourth-order valence-electron chi connectivity index (χ4n) is 1.65. The summed E-state index contributed by atoms with van der Waals surface area (Å²) in [7, 11) is 6.89. The highest BCUT2D eigenvalue weighted by Crippen LogP contribution is 2.29. The second-order valence-electron chi connectivity index (χ2n) is 4.40. The van der Waals surface area contributed by atoms with E-state index in [2.05, 4.69) is 21.2 Å². The van der Waals surface area contributed by atoms with Gasteiger partial charge in [0.05, 0.1) is 6.54 Å².